The third-order valence-corrected chi connectivity index (χ3v) is 4.25. The van der Waals surface area contributed by atoms with Crippen LogP contribution < -0.4 is 10.9 Å². The van der Waals surface area contributed by atoms with Gasteiger partial charge in [-0.05, 0) is 37.5 Å². The maximum atomic E-state index is 12.2. The molecule has 1 aromatic heterocycles. The van der Waals surface area contributed by atoms with Crippen molar-refractivity contribution in [3.05, 3.63) is 22.7 Å². The summed E-state index contributed by atoms with van der Waals surface area (Å²) in [6.07, 6.45) is 7.87. The number of aromatic nitrogens is 2. The van der Waals surface area contributed by atoms with Gasteiger partial charge < -0.3 is 9.88 Å². The monoisotopic (exact) mass is 297 g/mol. The van der Waals surface area contributed by atoms with Gasteiger partial charge in [-0.15, -0.1) is 11.6 Å². The second-order valence-electron chi connectivity index (χ2n) is 6.13. The Kier molecular flexibility index (Phi) is 5.46. The van der Waals surface area contributed by atoms with Crippen LogP contribution in [0.15, 0.2) is 17.2 Å². The largest absolute Gasteiger partial charge is 0.365 e. The number of hydrogen-bond acceptors (Lipinski definition) is 3. The summed E-state index contributed by atoms with van der Waals surface area (Å²) in [5.41, 5.74) is -0.0211. The first-order valence-corrected chi connectivity index (χ1v) is 7.93. The minimum Gasteiger partial charge on any atom is -0.365 e. The van der Waals surface area contributed by atoms with E-state index in [9.17, 15) is 4.79 Å². The molecule has 1 fully saturated rings. The van der Waals surface area contributed by atoms with Gasteiger partial charge in [-0.2, -0.15) is 0 Å². The van der Waals surface area contributed by atoms with Gasteiger partial charge in [0.15, 0.2) is 5.82 Å². The topological polar surface area (TPSA) is 46.9 Å². The molecule has 0 aromatic carbocycles. The zero-order valence-corrected chi connectivity index (χ0v) is 13.1. The van der Waals surface area contributed by atoms with E-state index in [0.717, 1.165) is 38.8 Å². The van der Waals surface area contributed by atoms with Crippen LogP contribution in [0, 0.1) is 11.8 Å². The predicted molar refractivity (Wildman–Crippen MR) is 83.4 cm³/mol. The van der Waals surface area contributed by atoms with E-state index in [2.05, 4.69) is 24.1 Å². The quantitative estimate of drug-likeness (QED) is 0.850. The Hall–Kier alpha value is -1.03. The van der Waals surface area contributed by atoms with Crippen molar-refractivity contribution in [2.75, 3.05) is 11.9 Å². The molecule has 112 valence electrons. The summed E-state index contributed by atoms with van der Waals surface area (Å²) in [5.74, 6) is 1.52. The van der Waals surface area contributed by atoms with Crippen LogP contribution in [0.3, 0.4) is 0 Å². The van der Waals surface area contributed by atoms with Crippen molar-refractivity contribution in [3.8, 4) is 0 Å². The van der Waals surface area contributed by atoms with Crippen molar-refractivity contribution in [1.29, 1.82) is 0 Å². The van der Waals surface area contributed by atoms with Gasteiger partial charge in [-0.25, -0.2) is 4.98 Å². The van der Waals surface area contributed by atoms with Gasteiger partial charge in [-0.1, -0.05) is 13.8 Å². The van der Waals surface area contributed by atoms with E-state index in [4.69, 9.17) is 11.6 Å². The van der Waals surface area contributed by atoms with Gasteiger partial charge in [0, 0.05) is 30.9 Å². The van der Waals surface area contributed by atoms with Crippen molar-refractivity contribution in [1.82, 2.24) is 9.55 Å². The molecule has 0 spiro atoms. The molecule has 0 amide bonds. The number of anilines is 1. The molecule has 0 saturated heterocycles. The summed E-state index contributed by atoms with van der Waals surface area (Å²) in [6.45, 7) is 5.75. The van der Waals surface area contributed by atoms with E-state index in [-0.39, 0.29) is 5.56 Å². The molecule has 20 heavy (non-hydrogen) atoms. The molecule has 4 nitrogen and oxygen atoms in total. The fraction of sp³-hybridized carbons (Fsp3) is 0.733. The van der Waals surface area contributed by atoms with Crippen molar-refractivity contribution in [3.63, 3.8) is 0 Å². The van der Waals surface area contributed by atoms with E-state index in [1.165, 1.54) is 0 Å². The first kappa shape index (κ1) is 15.4. The van der Waals surface area contributed by atoms with Gasteiger partial charge in [0.1, 0.15) is 0 Å². The average molecular weight is 298 g/mol. The zero-order valence-electron chi connectivity index (χ0n) is 12.3. The number of halogens is 1. The third kappa shape index (κ3) is 4.23. The number of alkyl halides is 1. The third-order valence-electron chi connectivity index (χ3n) is 3.81. The first-order valence-electron chi connectivity index (χ1n) is 7.49. The van der Waals surface area contributed by atoms with Crippen LogP contribution in [0.1, 0.15) is 39.5 Å². The highest BCUT2D eigenvalue weighted by Crippen LogP contribution is 2.27. The van der Waals surface area contributed by atoms with Gasteiger partial charge in [0.05, 0.1) is 0 Å². The standard InChI is InChI=1S/C15H24ClN3O/c1-11(2)10-19-8-7-17-14(15(19)20)18-9-12-3-5-13(16)6-4-12/h7-8,11-13H,3-6,9-10H2,1-2H3,(H,17,18). The summed E-state index contributed by atoms with van der Waals surface area (Å²) in [4.78, 5) is 16.4. The van der Waals surface area contributed by atoms with Crippen LogP contribution in [-0.2, 0) is 6.54 Å². The number of hydrogen-bond donors (Lipinski definition) is 1. The van der Waals surface area contributed by atoms with Crippen LogP contribution in [0.4, 0.5) is 5.82 Å². The summed E-state index contributed by atoms with van der Waals surface area (Å²) in [7, 11) is 0. The Balaban J connectivity index is 1.94. The SMILES string of the molecule is CC(C)Cn1ccnc(NCC2CCC(Cl)CC2)c1=O. The van der Waals surface area contributed by atoms with Crippen LogP contribution >= 0.6 is 11.6 Å². The molecule has 5 heteroatoms. The van der Waals surface area contributed by atoms with Gasteiger partial charge in [-0.3, -0.25) is 4.79 Å². The van der Waals surface area contributed by atoms with Crippen molar-refractivity contribution < 1.29 is 0 Å². The van der Waals surface area contributed by atoms with Crippen LogP contribution in [0.25, 0.3) is 0 Å². The second-order valence-corrected chi connectivity index (χ2v) is 6.74. The normalized spacial score (nSPS) is 23.0. The lowest BCUT2D eigenvalue weighted by Crippen LogP contribution is -2.28. The molecular weight excluding hydrogens is 274 g/mol. The summed E-state index contributed by atoms with van der Waals surface area (Å²) >= 11 is 6.11. The van der Waals surface area contributed by atoms with E-state index >= 15 is 0 Å². The average Bonchev–Trinajstić information content (AvgIpc) is 2.41. The first-order chi connectivity index (χ1) is 9.56. The highest BCUT2D eigenvalue weighted by molar-refractivity contribution is 6.20. The van der Waals surface area contributed by atoms with Gasteiger partial charge in [0.25, 0.3) is 5.56 Å². The Morgan fingerprint density at radius 3 is 2.75 bits per heavy atom. The van der Waals surface area contributed by atoms with Crippen LogP contribution in [0.2, 0.25) is 0 Å². The molecule has 0 bridgehead atoms. The van der Waals surface area contributed by atoms with Crippen molar-refractivity contribution in [2.24, 2.45) is 11.8 Å². The Morgan fingerprint density at radius 1 is 1.40 bits per heavy atom. The van der Waals surface area contributed by atoms with Crippen molar-refractivity contribution in [2.45, 2.75) is 51.5 Å². The number of nitrogens with one attached hydrogen (secondary N) is 1. The summed E-state index contributed by atoms with van der Waals surface area (Å²) in [6, 6.07) is 0. The lowest BCUT2D eigenvalue weighted by atomic mass is 9.89. The van der Waals surface area contributed by atoms with Crippen LogP contribution in [0.5, 0.6) is 0 Å². The Bertz CT molecular complexity index is 478. The van der Waals surface area contributed by atoms with Crippen LogP contribution in [-0.4, -0.2) is 21.5 Å². The predicted octanol–water partition coefficient (Wildman–Crippen LogP) is 3.11. The number of rotatable bonds is 5. The fourth-order valence-electron chi connectivity index (χ4n) is 2.67. The Labute approximate surface area is 125 Å². The molecule has 1 aliphatic carbocycles. The minimum absolute atomic E-state index is 0.0211. The molecule has 0 unspecified atom stereocenters. The Morgan fingerprint density at radius 2 is 2.10 bits per heavy atom. The lowest BCUT2D eigenvalue weighted by molar-refractivity contribution is 0.377. The molecule has 0 radical (unpaired) electrons. The molecule has 0 aliphatic heterocycles. The van der Waals surface area contributed by atoms with E-state index in [0.29, 0.717) is 23.0 Å². The van der Waals surface area contributed by atoms with E-state index in [1.807, 2.05) is 0 Å². The summed E-state index contributed by atoms with van der Waals surface area (Å²) < 4.78 is 1.73. The highest BCUT2D eigenvalue weighted by atomic mass is 35.5. The number of nitrogens with zero attached hydrogens (tertiary/aromatic N) is 2. The smallest absolute Gasteiger partial charge is 0.293 e. The van der Waals surface area contributed by atoms with E-state index < -0.39 is 0 Å². The van der Waals surface area contributed by atoms with Crippen molar-refractivity contribution >= 4 is 17.4 Å². The minimum atomic E-state index is -0.0211. The molecule has 1 aliphatic rings. The molecule has 1 heterocycles. The fourth-order valence-corrected chi connectivity index (χ4v) is 2.92. The van der Waals surface area contributed by atoms with Gasteiger partial charge in [0.2, 0.25) is 0 Å². The molecular formula is C15H24ClN3O. The molecule has 1 aromatic rings. The molecule has 2 rings (SSSR count). The van der Waals surface area contributed by atoms with Gasteiger partial charge >= 0.3 is 0 Å². The van der Waals surface area contributed by atoms with E-state index in [1.54, 1.807) is 17.0 Å². The molecule has 1 saturated carbocycles. The zero-order chi connectivity index (χ0) is 14.5. The maximum Gasteiger partial charge on any atom is 0.293 e. The lowest BCUT2D eigenvalue weighted by Gasteiger charge is -2.25. The highest BCUT2D eigenvalue weighted by Gasteiger charge is 2.19. The second kappa shape index (κ2) is 7.11. The maximum absolute atomic E-state index is 12.2. The summed E-state index contributed by atoms with van der Waals surface area (Å²) in [5, 5.41) is 3.56. The molecule has 0 atom stereocenters. The molecule has 1 N–H and O–H groups in total.